The number of carbonyl (C=O) groups excluding carboxylic acids is 1. The number of rotatable bonds is 50. The lowest BCUT2D eigenvalue weighted by atomic mass is 10.0. The average molecular weight is 985 g/mol. The van der Waals surface area contributed by atoms with Crippen LogP contribution < -0.4 is 5.32 Å². The summed E-state index contributed by atoms with van der Waals surface area (Å²) in [5, 5.41) is 14.0. The summed E-state index contributed by atoms with van der Waals surface area (Å²) in [6.07, 6.45) is 71.7. The maximum absolute atomic E-state index is 13.0. The molecule has 0 aromatic carbocycles. The van der Waals surface area contributed by atoms with Gasteiger partial charge in [-0.3, -0.25) is 13.8 Å². The van der Waals surface area contributed by atoms with Crippen molar-refractivity contribution in [2.24, 2.45) is 0 Å². The van der Waals surface area contributed by atoms with E-state index >= 15 is 0 Å². The van der Waals surface area contributed by atoms with Gasteiger partial charge >= 0.3 is 7.82 Å². The van der Waals surface area contributed by atoms with Crippen molar-refractivity contribution >= 4 is 13.7 Å². The first-order valence-electron chi connectivity index (χ1n) is 28.1. The number of aliphatic hydroxyl groups excluding tert-OH is 1. The summed E-state index contributed by atoms with van der Waals surface area (Å²) in [6.45, 7) is 4.76. The molecule has 3 unspecified atom stereocenters. The predicted molar refractivity (Wildman–Crippen MR) is 299 cm³/mol. The molecule has 3 atom stereocenters. The lowest BCUT2D eigenvalue weighted by Crippen LogP contribution is -2.46. The summed E-state index contributed by atoms with van der Waals surface area (Å²) in [4.78, 5) is 23.3. The Kier molecular flexibility index (Phi) is 48.5. The average Bonchev–Trinajstić information content (AvgIpc) is 3.31. The Hall–Kier alpha value is -2.58. The molecular formula is C60H108N2O6P+. The minimum Gasteiger partial charge on any atom is -0.391 e. The number of unbranched alkanes of at least 4 members (excludes halogenated alkanes) is 21. The fourth-order valence-electron chi connectivity index (χ4n) is 7.71. The van der Waals surface area contributed by atoms with E-state index in [0.717, 1.165) is 96.3 Å². The standard InChI is InChI=1S/C60H107N2O6P/c1-6-8-10-12-14-16-18-20-21-22-23-24-25-26-27-28-29-30-31-32-33-34-35-36-37-38-39-40-41-42-44-46-48-50-52-54-60(64)61-58(57-68-69(65,66)67-56-55-62(3,4)5)59(63)53-51-49-47-45-43-19-17-15-13-11-9-7-2/h8,10,14,16,20-21,23-24,26-27,29-30,32-33,35-36,58-59,63H,6-7,9,11-13,15,17-19,22,25,28,31,34,37-57H2,1-5H3,(H-,61,64,65,66)/p+1/b10-8-,16-14-,21-20-,24-23-,27-26-,30-29-,33-32-,36-35-. The quantitative estimate of drug-likeness (QED) is 0.0243. The number of aliphatic hydroxyl groups is 1. The van der Waals surface area contributed by atoms with Crippen molar-refractivity contribution in [3.8, 4) is 0 Å². The number of hydrogen-bond acceptors (Lipinski definition) is 5. The summed E-state index contributed by atoms with van der Waals surface area (Å²) in [5.74, 6) is -0.153. The van der Waals surface area contributed by atoms with Gasteiger partial charge in [-0.15, -0.1) is 0 Å². The van der Waals surface area contributed by atoms with E-state index in [1.807, 2.05) is 21.1 Å². The van der Waals surface area contributed by atoms with Gasteiger partial charge in [0, 0.05) is 6.42 Å². The Bertz CT molecular complexity index is 1440. The number of carbonyl (C=O) groups is 1. The summed E-state index contributed by atoms with van der Waals surface area (Å²) < 4.78 is 23.7. The van der Waals surface area contributed by atoms with E-state index in [9.17, 15) is 19.4 Å². The molecule has 0 aromatic heterocycles. The summed E-state index contributed by atoms with van der Waals surface area (Å²) >= 11 is 0. The van der Waals surface area contributed by atoms with Crippen LogP contribution in [0.4, 0.5) is 0 Å². The third kappa shape index (κ3) is 53.1. The molecule has 0 spiro atoms. The maximum Gasteiger partial charge on any atom is 0.472 e. The molecule has 0 aromatic rings. The molecule has 69 heavy (non-hydrogen) atoms. The fourth-order valence-corrected chi connectivity index (χ4v) is 8.44. The van der Waals surface area contributed by atoms with Crippen LogP contribution in [-0.4, -0.2) is 73.4 Å². The Morgan fingerprint density at radius 1 is 0.507 bits per heavy atom. The number of nitrogens with one attached hydrogen (secondary N) is 1. The van der Waals surface area contributed by atoms with Crippen molar-refractivity contribution in [3.05, 3.63) is 97.2 Å². The highest BCUT2D eigenvalue weighted by Gasteiger charge is 2.28. The van der Waals surface area contributed by atoms with Crippen molar-refractivity contribution in [1.82, 2.24) is 5.32 Å². The van der Waals surface area contributed by atoms with Gasteiger partial charge in [0.25, 0.3) is 0 Å². The predicted octanol–water partition coefficient (Wildman–Crippen LogP) is 17.0. The van der Waals surface area contributed by atoms with Gasteiger partial charge in [0.15, 0.2) is 0 Å². The van der Waals surface area contributed by atoms with Crippen LogP contribution in [-0.2, 0) is 18.4 Å². The number of phosphoric acid groups is 1. The van der Waals surface area contributed by atoms with E-state index in [-0.39, 0.29) is 19.1 Å². The molecule has 0 aliphatic heterocycles. The first-order chi connectivity index (χ1) is 33.5. The molecule has 0 heterocycles. The van der Waals surface area contributed by atoms with E-state index in [1.165, 1.54) is 103 Å². The zero-order valence-electron chi connectivity index (χ0n) is 45.3. The lowest BCUT2D eigenvalue weighted by Gasteiger charge is -2.26. The number of likely N-dealkylation sites (N-methyl/N-ethyl adjacent to an activating group) is 1. The van der Waals surface area contributed by atoms with Gasteiger partial charge in [-0.1, -0.05) is 239 Å². The molecule has 0 fully saturated rings. The zero-order valence-corrected chi connectivity index (χ0v) is 46.2. The van der Waals surface area contributed by atoms with Crippen LogP contribution in [0.3, 0.4) is 0 Å². The highest BCUT2D eigenvalue weighted by atomic mass is 31.2. The molecule has 398 valence electrons. The van der Waals surface area contributed by atoms with Gasteiger partial charge in [0.05, 0.1) is 39.9 Å². The summed E-state index contributed by atoms with van der Waals surface area (Å²) in [5.41, 5.74) is 0. The Morgan fingerprint density at radius 3 is 1.28 bits per heavy atom. The van der Waals surface area contributed by atoms with E-state index in [1.54, 1.807) is 0 Å². The molecule has 0 aliphatic carbocycles. The number of phosphoric ester groups is 1. The third-order valence-electron chi connectivity index (χ3n) is 12.1. The molecule has 0 rings (SSSR count). The van der Waals surface area contributed by atoms with Crippen LogP contribution >= 0.6 is 7.82 Å². The van der Waals surface area contributed by atoms with Gasteiger partial charge < -0.3 is 19.8 Å². The maximum atomic E-state index is 13.0. The minimum atomic E-state index is -4.32. The smallest absolute Gasteiger partial charge is 0.391 e. The number of allylic oxidation sites excluding steroid dienone is 16. The number of quaternary nitrogens is 1. The topological polar surface area (TPSA) is 105 Å². The molecule has 0 saturated carbocycles. The first-order valence-corrected chi connectivity index (χ1v) is 29.6. The Morgan fingerprint density at radius 2 is 0.870 bits per heavy atom. The molecule has 3 N–H and O–H groups in total. The van der Waals surface area contributed by atoms with Crippen molar-refractivity contribution in [3.63, 3.8) is 0 Å². The zero-order chi connectivity index (χ0) is 50.6. The number of amides is 1. The van der Waals surface area contributed by atoms with E-state index in [0.29, 0.717) is 23.9 Å². The van der Waals surface area contributed by atoms with Crippen LogP contribution in [0.15, 0.2) is 97.2 Å². The summed E-state index contributed by atoms with van der Waals surface area (Å²) in [7, 11) is 1.60. The van der Waals surface area contributed by atoms with Gasteiger partial charge in [0.2, 0.25) is 5.91 Å². The van der Waals surface area contributed by atoms with Crippen LogP contribution in [0.25, 0.3) is 0 Å². The second-order valence-corrected chi connectivity index (χ2v) is 21.4. The number of hydrogen-bond donors (Lipinski definition) is 3. The van der Waals surface area contributed by atoms with E-state index in [2.05, 4.69) is 116 Å². The van der Waals surface area contributed by atoms with Crippen molar-refractivity contribution in [2.75, 3.05) is 40.9 Å². The minimum absolute atomic E-state index is 0.0698. The van der Waals surface area contributed by atoms with Crippen molar-refractivity contribution in [2.45, 2.75) is 238 Å². The fraction of sp³-hybridized carbons (Fsp3) is 0.717. The van der Waals surface area contributed by atoms with Crippen molar-refractivity contribution < 1.29 is 32.9 Å². The highest BCUT2D eigenvalue weighted by molar-refractivity contribution is 7.47. The van der Waals surface area contributed by atoms with E-state index < -0.39 is 20.0 Å². The molecule has 0 radical (unpaired) electrons. The number of nitrogens with zero attached hydrogens (tertiary/aromatic N) is 1. The van der Waals surface area contributed by atoms with Crippen LogP contribution in [0, 0.1) is 0 Å². The SMILES string of the molecule is CC/C=C\C/C=C\C/C=C\C/C=C\C/C=C\C/C=C\C/C=C\C/C=C\CCCCCCCCCCCCC(=O)NC(COP(=O)(O)OCC[N+](C)(C)C)C(O)CCCCCCCCCCCCCC. The van der Waals surface area contributed by atoms with Gasteiger partial charge in [0.1, 0.15) is 13.2 Å². The largest absolute Gasteiger partial charge is 0.472 e. The monoisotopic (exact) mass is 984 g/mol. The molecule has 0 bridgehead atoms. The molecular weight excluding hydrogens is 876 g/mol. The Labute approximate surface area is 426 Å². The second-order valence-electron chi connectivity index (χ2n) is 19.9. The first kappa shape index (κ1) is 66.4. The van der Waals surface area contributed by atoms with Crippen LogP contribution in [0.2, 0.25) is 0 Å². The molecule has 0 saturated heterocycles. The molecule has 0 aliphatic rings. The molecule has 9 heteroatoms. The van der Waals surface area contributed by atoms with Gasteiger partial charge in [-0.25, -0.2) is 4.57 Å². The van der Waals surface area contributed by atoms with Crippen LogP contribution in [0.1, 0.15) is 226 Å². The Balaban J connectivity index is 4.09. The highest BCUT2D eigenvalue weighted by Crippen LogP contribution is 2.43. The van der Waals surface area contributed by atoms with Crippen molar-refractivity contribution in [1.29, 1.82) is 0 Å². The summed E-state index contributed by atoms with van der Waals surface area (Å²) in [6, 6.07) is -0.768. The normalized spacial score (nSPS) is 14.7. The lowest BCUT2D eigenvalue weighted by molar-refractivity contribution is -0.870. The van der Waals surface area contributed by atoms with E-state index in [4.69, 9.17) is 9.05 Å². The molecule has 1 amide bonds. The van der Waals surface area contributed by atoms with Gasteiger partial charge in [-0.05, 0) is 77.0 Å². The van der Waals surface area contributed by atoms with Crippen LogP contribution in [0.5, 0.6) is 0 Å². The molecule has 8 nitrogen and oxygen atoms in total. The second kappa shape index (κ2) is 50.4. The third-order valence-corrected chi connectivity index (χ3v) is 13.1. The van der Waals surface area contributed by atoms with Gasteiger partial charge in [-0.2, -0.15) is 0 Å².